The monoisotopic (exact) mass is 405 g/mol. The van der Waals surface area contributed by atoms with Crippen molar-refractivity contribution in [3.05, 3.63) is 66.4 Å². The lowest BCUT2D eigenvalue weighted by molar-refractivity contribution is -0.118. The summed E-state index contributed by atoms with van der Waals surface area (Å²) in [6.45, 7) is 1.84. The van der Waals surface area contributed by atoms with Crippen LogP contribution in [0.5, 0.6) is 11.5 Å². The van der Waals surface area contributed by atoms with Crippen LogP contribution in [0.25, 0.3) is 20.9 Å². The number of methoxy groups -OCH3 is 1. The molecule has 4 rings (SSSR count). The number of anilines is 1. The number of aromatic nitrogens is 2. The highest BCUT2D eigenvalue weighted by Gasteiger charge is 2.11. The Morgan fingerprint density at radius 1 is 1.10 bits per heavy atom. The van der Waals surface area contributed by atoms with E-state index in [9.17, 15) is 4.79 Å². The molecule has 0 unspecified atom stereocenters. The molecule has 0 radical (unpaired) electrons. The van der Waals surface area contributed by atoms with Gasteiger partial charge in [0.2, 0.25) is 0 Å². The zero-order valence-electron chi connectivity index (χ0n) is 16.0. The van der Waals surface area contributed by atoms with Crippen molar-refractivity contribution in [3.8, 4) is 22.1 Å². The number of benzene rings is 2. The van der Waals surface area contributed by atoms with Gasteiger partial charge in [0.1, 0.15) is 15.4 Å². The van der Waals surface area contributed by atoms with E-state index in [-0.39, 0.29) is 12.5 Å². The van der Waals surface area contributed by atoms with Gasteiger partial charge in [-0.05, 0) is 55.0 Å². The molecule has 0 spiro atoms. The average Bonchev–Trinajstić information content (AvgIpc) is 3.18. The molecule has 1 N–H and O–H groups in total. The van der Waals surface area contributed by atoms with E-state index >= 15 is 0 Å². The second-order valence-electron chi connectivity index (χ2n) is 6.36. The number of aryl methyl sites for hydroxylation is 1. The number of amides is 1. The molecule has 2 aromatic carbocycles. The third-order valence-corrected chi connectivity index (χ3v) is 5.37. The van der Waals surface area contributed by atoms with Crippen LogP contribution in [0.15, 0.2) is 60.8 Å². The largest absolute Gasteiger partial charge is 0.493 e. The molecule has 0 aliphatic heterocycles. The van der Waals surface area contributed by atoms with E-state index in [4.69, 9.17) is 9.47 Å². The first-order chi connectivity index (χ1) is 14.1. The van der Waals surface area contributed by atoms with Gasteiger partial charge < -0.3 is 14.8 Å². The summed E-state index contributed by atoms with van der Waals surface area (Å²) in [5, 5.41) is 3.79. The van der Waals surface area contributed by atoms with Crippen LogP contribution < -0.4 is 14.8 Å². The van der Waals surface area contributed by atoms with E-state index in [2.05, 4.69) is 15.3 Å². The predicted molar refractivity (Wildman–Crippen MR) is 115 cm³/mol. The van der Waals surface area contributed by atoms with Crippen LogP contribution in [-0.4, -0.2) is 29.6 Å². The van der Waals surface area contributed by atoms with E-state index in [1.807, 2.05) is 49.4 Å². The van der Waals surface area contributed by atoms with Crippen molar-refractivity contribution in [1.82, 2.24) is 9.97 Å². The number of thiazole rings is 1. The molecular formula is C22H19N3O3S. The van der Waals surface area contributed by atoms with Gasteiger partial charge in [-0.2, -0.15) is 0 Å². The van der Waals surface area contributed by atoms with Gasteiger partial charge in [0.05, 0.1) is 7.11 Å². The molecule has 1 amide bonds. The minimum absolute atomic E-state index is 0.106. The molecule has 0 bridgehead atoms. The molecule has 0 aliphatic rings. The summed E-state index contributed by atoms with van der Waals surface area (Å²) in [5.74, 6) is 0.878. The van der Waals surface area contributed by atoms with E-state index in [1.54, 1.807) is 36.8 Å². The van der Waals surface area contributed by atoms with Crippen molar-refractivity contribution >= 4 is 33.3 Å². The Morgan fingerprint density at radius 2 is 1.93 bits per heavy atom. The lowest BCUT2D eigenvalue weighted by atomic mass is 10.1. The van der Waals surface area contributed by atoms with Gasteiger partial charge in [-0.3, -0.25) is 4.79 Å². The summed E-state index contributed by atoms with van der Waals surface area (Å²) in [7, 11) is 1.56. The SMILES string of the molecule is COc1ccccc1OCC(=O)Nc1ccc(-c2nc3cccnc3s2)cc1C. The standard InChI is InChI=1S/C22H19N3O3S/c1-14-12-15(21-25-17-6-5-11-23-22(17)29-21)9-10-16(14)24-20(26)13-28-19-8-4-3-7-18(19)27-2/h3-12H,13H2,1-2H3,(H,24,26). The summed E-state index contributed by atoms with van der Waals surface area (Å²) in [6, 6.07) is 16.9. The number of hydrogen-bond donors (Lipinski definition) is 1. The fourth-order valence-electron chi connectivity index (χ4n) is 2.90. The third kappa shape index (κ3) is 4.20. The molecule has 2 aromatic heterocycles. The topological polar surface area (TPSA) is 73.3 Å². The molecule has 0 saturated heterocycles. The molecule has 0 fully saturated rings. The molecule has 0 atom stereocenters. The number of rotatable bonds is 6. The van der Waals surface area contributed by atoms with Gasteiger partial charge in [0.15, 0.2) is 18.1 Å². The van der Waals surface area contributed by atoms with E-state index in [1.165, 1.54) is 0 Å². The summed E-state index contributed by atoms with van der Waals surface area (Å²) in [6.07, 6.45) is 1.77. The number of nitrogens with one attached hydrogen (secondary N) is 1. The van der Waals surface area contributed by atoms with Crippen molar-refractivity contribution in [3.63, 3.8) is 0 Å². The molecule has 0 saturated carbocycles. The third-order valence-electron chi connectivity index (χ3n) is 4.34. The minimum atomic E-state index is -0.240. The second kappa shape index (κ2) is 8.28. The number of nitrogens with zero attached hydrogens (tertiary/aromatic N) is 2. The van der Waals surface area contributed by atoms with Crippen molar-refractivity contribution in [2.45, 2.75) is 6.92 Å². The van der Waals surface area contributed by atoms with Gasteiger partial charge in [0.25, 0.3) is 5.91 Å². The van der Waals surface area contributed by atoms with Gasteiger partial charge in [0, 0.05) is 17.4 Å². The fraction of sp³-hybridized carbons (Fsp3) is 0.136. The van der Waals surface area contributed by atoms with Crippen LogP contribution in [-0.2, 0) is 4.79 Å². The highest BCUT2D eigenvalue weighted by atomic mass is 32.1. The molecular weight excluding hydrogens is 386 g/mol. The van der Waals surface area contributed by atoms with Crippen LogP contribution in [0.1, 0.15) is 5.56 Å². The van der Waals surface area contributed by atoms with Crippen LogP contribution in [0, 0.1) is 6.92 Å². The Balaban J connectivity index is 1.44. The summed E-state index contributed by atoms with van der Waals surface area (Å²) in [4.78, 5) is 22.2. The van der Waals surface area contributed by atoms with E-state index in [0.29, 0.717) is 11.5 Å². The Kier molecular flexibility index (Phi) is 5.39. The first-order valence-corrected chi connectivity index (χ1v) is 9.84. The van der Waals surface area contributed by atoms with E-state index in [0.717, 1.165) is 32.2 Å². The lowest BCUT2D eigenvalue weighted by Crippen LogP contribution is -2.20. The van der Waals surface area contributed by atoms with Crippen LogP contribution in [0.2, 0.25) is 0 Å². The number of carbonyl (C=O) groups excluding carboxylic acids is 1. The summed E-state index contributed by atoms with van der Waals surface area (Å²) >= 11 is 1.55. The Labute approximate surface area is 172 Å². The number of ether oxygens (including phenoxy) is 2. The first-order valence-electron chi connectivity index (χ1n) is 9.02. The molecule has 0 aliphatic carbocycles. The molecule has 29 heavy (non-hydrogen) atoms. The lowest BCUT2D eigenvalue weighted by Gasteiger charge is -2.12. The number of hydrogen-bond acceptors (Lipinski definition) is 6. The highest BCUT2D eigenvalue weighted by Crippen LogP contribution is 2.31. The number of fused-ring (bicyclic) bond motifs is 1. The predicted octanol–water partition coefficient (Wildman–Crippen LogP) is 4.69. The highest BCUT2D eigenvalue weighted by molar-refractivity contribution is 7.21. The maximum atomic E-state index is 12.3. The van der Waals surface area contributed by atoms with Crippen LogP contribution in [0.4, 0.5) is 5.69 Å². The Hall–Kier alpha value is -3.45. The van der Waals surface area contributed by atoms with Gasteiger partial charge in [-0.1, -0.05) is 23.5 Å². The van der Waals surface area contributed by atoms with Crippen molar-refractivity contribution in [1.29, 1.82) is 0 Å². The maximum absolute atomic E-state index is 12.3. The summed E-state index contributed by atoms with van der Waals surface area (Å²) in [5.41, 5.74) is 3.56. The van der Waals surface area contributed by atoms with Gasteiger partial charge in [-0.25, -0.2) is 9.97 Å². The van der Waals surface area contributed by atoms with E-state index < -0.39 is 0 Å². The zero-order valence-corrected chi connectivity index (χ0v) is 16.8. The smallest absolute Gasteiger partial charge is 0.262 e. The molecule has 7 heteroatoms. The van der Waals surface area contributed by atoms with Gasteiger partial charge in [-0.15, -0.1) is 0 Å². The molecule has 146 valence electrons. The zero-order chi connectivity index (χ0) is 20.2. The minimum Gasteiger partial charge on any atom is -0.493 e. The van der Waals surface area contributed by atoms with Crippen LogP contribution >= 0.6 is 11.3 Å². The maximum Gasteiger partial charge on any atom is 0.262 e. The molecule has 2 heterocycles. The Morgan fingerprint density at radius 3 is 2.69 bits per heavy atom. The normalized spacial score (nSPS) is 10.7. The second-order valence-corrected chi connectivity index (χ2v) is 7.34. The van der Waals surface area contributed by atoms with Gasteiger partial charge >= 0.3 is 0 Å². The van der Waals surface area contributed by atoms with Crippen molar-refractivity contribution in [2.75, 3.05) is 19.0 Å². The molecule has 4 aromatic rings. The van der Waals surface area contributed by atoms with Crippen molar-refractivity contribution in [2.24, 2.45) is 0 Å². The number of para-hydroxylation sites is 2. The van der Waals surface area contributed by atoms with Crippen molar-refractivity contribution < 1.29 is 14.3 Å². The molecule has 6 nitrogen and oxygen atoms in total. The average molecular weight is 405 g/mol. The first kappa shape index (κ1) is 18.9. The number of pyridine rings is 1. The quantitative estimate of drug-likeness (QED) is 0.504. The fourth-order valence-corrected chi connectivity index (χ4v) is 3.80. The Bertz CT molecular complexity index is 1140. The summed E-state index contributed by atoms with van der Waals surface area (Å²) < 4.78 is 10.8. The number of carbonyl (C=O) groups is 1. The van der Waals surface area contributed by atoms with Crippen LogP contribution in [0.3, 0.4) is 0 Å².